The highest BCUT2D eigenvalue weighted by Crippen LogP contribution is 2.22. The second kappa shape index (κ2) is 3.11. The fraction of sp³-hybridized carbons (Fsp3) is 1.00. The van der Waals surface area contributed by atoms with Crippen LogP contribution in [-0.4, -0.2) is 29.6 Å². The summed E-state index contributed by atoms with van der Waals surface area (Å²) in [4.78, 5) is 2.49. The maximum absolute atomic E-state index is 5.92. The van der Waals surface area contributed by atoms with Gasteiger partial charge in [-0.25, -0.2) is 0 Å². The van der Waals surface area contributed by atoms with Crippen LogP contribution in [0.25, 0.3) is 0 Å². The average molecular weight is 156 g/mol. The fourth-order valence-electron chi connectivity index (χ4n) is 1.94. The predicted molar refractivity (Wildman–Crippen MR) is 48.5 cm³/mol. The molecule has 0 unspecified atom stereocenters. The van der Waals surface area contributed by atoms with Crippen LogP contribution in [0.5, 0.6) is 0 Å². The Labute approximate surface area is 69.8 Å². The van der Waals surface area contributed by atoms with Gasteiger partial charge in [-0.3, -0.25) is 4.90 Å². The van der Waals surface area contributed by atoms with Crippen molar-refractivity contribution in [2.45, 2.75) is 45.2 Å². The van der Waals surface area contributed by atoms with Crippen LogP contribution in [0.2, 0.25) is 0 Å². The van der Waals surface area contributed by atoms with Crippen LogP contribution >= 0.6 is 0 Å². The normalized spacial score (nSPS) is 23.7. The minimum absolute atomic E-state index is 0.0998. The van der Waals surface area contributed by atoms with Crippen molar-refractivity contribution in [3.05, 3.63) is 0 Å². The first-order valence-corrected chi connectivity index (χ1v) is 4.62. The van der Waals surface area contributed by atoms with Crippen molar-refractivity contribution in [3.8, 4) is 0 Å². The molecule has 0 aliphatic carbocycles. The average Bonchev–Trinajstić information content (AvgIpc) is 1.86. The lowest BCUT2D eigenvalue weighted by atomic mass is 9.90. The van der Waals surface area contributed by atoms with E-state index in [2.05, 4.69) is 25.7 Å². The van der Waals surface area contributed by atoms with Crippen LogP contribution in [0.1, 0.15) is 33.6 Å². The summed E-state index contributed by atoms with van der Waals surface area (Å²) in [7, 11) is 0. The standard InChI is InChI=1S/C9H20N2/c1-4-8(5-2)11-6-9(3,10)7-11/h8H,4-7,10H2,1-3H3. The number of hydrogen-bond donors (Lipinski definition) is 1. The lowest BCUT2D eigenvalue weighted by Crippen LogP contribution is -2.67. The molecule has 1 aliphatic heterocycles. The molecule has 1 fully saturated rings. The number of rotatable bonds is 3. The molecule has 0 aromatic rings. The molecule has 0 amide bonds. The topological polar surface area (TPSA) is 29.3 Å². The highest BCUT2D eigenvalue weighted by atomic mass is 15.3. The molecule has 0 saturated carbocycles. The van der Waals surface area contributed by atoms with Gasteiger partial charge in [0.1, 0.15) is 0 Å². The maximum Gasteiger partial charge on any atom is 0.0384 e. The predicted octanol–water partition coefficient (Wildman–Crippen LogP) is 1.21. The zero-order valence-electron chi connectivity index (χ0n) is 7.93. The van der Waals surface area contributed by atoms with Gasteiger partial charge in [-0.15, -0.1) is 0 Å². The Morgan fingerprint density at radius 1 is 1.36 bits per heavy atom. The van der Waals surface area contributed by atoms with Crippen molar-refractivity contribution >= 4 is 0 Å². The minimum atomic E-state index is 0.0998. The van der Waals surface area contributed by atoms with E-state index in [1.54, 1.807) is 0 Å². The highest BCUT2D eigenvalue weighted by molar-refractivity contribution is 4.98. The number of likely N-dealkylation sites (tertiary alicyclic amines) is 1. The maximum atomic E-state index is 5.92. The molecule has 2 N–H and O–H groups in total. The van der Waals surface area contributed by atoms with Gasteiger partial charge in [-0.05, 0) is 19.8 Å². The van der Waals surface area contributed by atoms with E-state index in [0.29, 0.717) is 0 Å². The van der Waals surface area contributed by atoms with E-state index in [9.17, 15) is 0 Å². The molecule has 1 rings (SSSR count). The molecule has 11 heavy (non-hydrogen) atoms. The molecule has 0 aromatic heterocycles. The van der Waals surface area contributed by atoms with Crippen LogP contribution in [0.15, 0.2) is 0 Å². The largest absolute Gasteiger partial charge is 0.323 e. The molecule has 0 spiro atoms. The SMILES string of the molecule is CCC(CC)N1CC(C)(N)C1. The summed E-state index contributed by atoms with van der Waals surface area (Å²) < 4.78 is 0. The zero-order chi connectivity index (χ0) is 8.48. The van der Waals surface area contributed by atoms with Crippen molar-refractivity contribution in [2.24, 2.45) is 5.73 Å². The Hall–Kier alpha value is -0.0800. The molecule has 0 aromatic carbocycles. The third kappa shape index (κ3) is 1.94. The van der Waals surface area contributed by atoms with Gasteiger partial charge in [0.25, 0.3) is 0 Å². The summed E-state index contributed by atoms with van der Waals surface area (Å²) >= 11 is 0. The molecule has 1 heterocycles. The van der Waals surface area contributed by atoms with Crippen molar-refractivity contribution in [3.63, 3.8) is 0 Å². The van der Waals surface area contributed by atoms with E-state index in [1.165, 1.54) is 12.8 Å². The van der Waals surface area contributed by atoms with Gasteiger partial charge in [0, 0.05) is 24.7 Å². The van der Waals surface area contributed by atoms with Crippen LogP contribution < -0.4 is 5.73 Å². The van der Waals surface area contributed by atoms with Crippen molar-refractivity contribution in [1.82, 2.24) is 4.90 Å². The first-order valence-electron chi connectivity index (χ1n) is 4.62. The Kier molecular flexibility index (Phi) is 2.55. The second-order valence-electron chi connectivity index (χ2n) is 4.03. The Morgan fingerprint density at radius 2 is 1.82 bits per heavy atom. The zero-order valence-corrected chi connectivity index (χ0v) is 7.93. The van der Waals surface area contributed by atoms with Gasteiger partial charge in [-0.2, -0.15) is 0 Å². The van der Waals surface area contributed by atoms with E-state index in [4.69, 9.17) is 5.73 Å². The van der Waals surface area contributed by atoms with E-state index >= 15 is 0 Å². The highest BCUT2D eigenvalue weighted by Gasteiger charge is 2.37. The summed E-state index contributed by atoms with van der Waals surface area (Å²) in [5.74, 6) is 0. The molecule has 0 bridgehead atoms. The quantitative estimate of drug-likeness (QED) is 0.665. The van der Waals surface area contributed by atoms with Crippen LogP contribution in [-0.2, 0) is 0 Å². The third-order valence-electron chi connectivity index (χ3n) is 2.59. The summed E-state index contributed by atoms with van der Waals surface area (Å²) in [5.41, 5.74) is 6.02. The van der Waals surface area contributed by atoms with Crippen LogP contribution in [0, 0.1) is 0 Å². The second-order valence-corrected chi connectivity index (χ2v) is 4.03. The fourth-order valence-corrected chi connectivity index (χ4v) is 1.94. The van der Waals surface area contributed by atoms with E-state index in [1.807, 2.05) is 0 Å². The van der Waals surface area contributed by atoms with Gasteiger partial charge in [-0.1, -0.05) is 13.8 Å². The molecule has 0 atom stereocenters. The van der Waals surface area contributed by atoms with Crippen LogP contribution in [0.3, 0.4) is 0 Å². The molecular formula is C9H20N2. The number of hydrogen-bond acceptors (Lipinski definition) is 2. The smallest absolute Gasteiger partial charge is 0.0384 e. The Balaban J connectivity index is 2.30. The van der Waals surface area contributed by atoms with Crippen molar-refractivity contribution < 1.29 is 0 Å². The summed E-state index contributed by atoms with van der Waals surface area (Å²) in [5, 5.41) is 0. The Bertz CT molecular complexity index is 120. The van der Waals surface area contributed by atoms with Gasteiger partial charge < -0.3 is 5.73 Å². The van der Waals surface area contributed by atoms with Crippen molar-refractivity contribution in [2.75, 3.05) is 13.1 Å². The van der Waals surface area contributed by atoms with E-state index in [-0.39, 0.29) is 5.54 Å². The van der Waals surface area contributed by atoms with Gasteiger partial charge in [0.2, 0.25) is 0 Å². The molecule has 0 radical (unpaired) electrons. The molecule has 1 aliphatic rings. The molecular weight excluding hydrogens is 136 g/mol. The summed E-state index contributed by atoms with van der Waals surface area (Å²) in [6.45, 7) is 8.80. The number of nitrogens with zero attached hydrogens (tertiary/aromatic N) is 1. The summed E-state index contributed by atoms with van der Waals surface area (Å²) in [6.07, 6.45) is 2.51. The van der Waals surface area contributed by atoms with Crippen LogP contribution in [0.4, 0.5) is 0 Å². The van der Waals surface area contributed by atoms with E-state index in [0.717, 1.165) is 19.1 Å². The first-order chi connectivity index (χ1) is 5.09. The van der Waals surface area contributed by atoms with E-state index < -0.39 is 0 Å². The van der Waals surface area contributed by atoms with Gasteiger partial charge >= 0.3 is 0 Å². The third-order valence-corrected chi connectivity index (χ3v) is 2.59. The molecule has 2 nitrogen and oxygen atoms in total. The molecule has 1 saturated heterocycles. The monoisotopic (exact) mass is 156 g/mol. The Morgan fingerprint density at radius 3 is 2.09 bits per heavy atom. The van der Waals surface area contributed by atoms with Crippen molar-refractivity contribution in [1.29, 1.82) is 0 Å². The molecule has 66 valence electrons. The minimum Gasteiger partial charge on any atom is -0.323 e. The van der Waals surface area contributed by atoms with Gasteiger partial charge in [0.15, 0.2) is 0 Å². The lowest BCUT2D eigenvalue weighted by Gasteiger charge is -2.49. The number of nitrogens with two attached hydrogens (primary N) is 1. The van der Waals surface area contributed by atoms with Gasteiger partial charge in [0.05, 0.1) is 0 Å². The first kappa shape index (κ1) is 9.01. The summed E-state index contributed by atoms with van der Waals surface area (Å²) in [6, 6.07) is 0.770. The lowest BCUT2D eigenvalue weighted by molar-refractivity contribution is 0.0362. The molecule has 2 heteroatoms.